The molecule has 1 aliphatic rings. The van der Waals surface area contributed by atoms with Crippen LogP contribution in [0, 0.1) is 6.92 Å². The van der Waals surface area contributed by atoms with E-state index in [0.29, 0.717) is 13.2 Å². The van der Waals surface area contributed by atoms with E-state index in [1.807, 2.05) is 13.1 Å². The zero-order valence-corrected chi connectivity index (χ0v) is 13.7. The summed E-state index contributed by atoms with van der Waals surface area (Å²) in [6.45, 7) is 3.31. The Labute approximate surface area is 133 Å². The second kappa shape index (κ2) is 6.08. The normalized spacial score (nSPS) is 14.8. The molecular formula is C17H18BrNO2. The summed E-state index contributed by atoms with van der Waals surface area (Å²) in [6, 6.07) is 12.7. The van der Waals surface area contributed by atoms with Crippen LogP contribution in [0.3, 0.4) is 0 Å². The minimum atomic E-state index is 0.107. The van der Waals surface area contributed by atoms with E-state index in [-0.39, 0.29) is 6.04 Å². The van der Waals surface area contributed by atoms with Gasteiger partial charge in [-0.15, -0.1) is 0 Å². The van der Waals surface area contributed by atoms with Crippen LogP contribution in [-0.2, 0) is 0 Å². The predicted molar refractivity (Wildman–Crippen MR) is 87.2 cm³/mol. The lowest BCUT2D eigenvalue weighted by molar-refractivity contribution is 0.171. The minimum Gasteiger partial charge on any atom is -0.486 e. The molecular weight excluding hydrogens is 330 g/mol. The van der Waals surface area contributed by atoms with E-state index in [1.54, 1.807) is 0 Å². The maximum absolute atomic E-state index is 5.70. The number of rotatable bonds is 3. The molecule has 0 spiro atoms. The number of aryl methyl sites for hydroxylation is 1. The maximum atomic E-state index is 5.70. The van der Waals surface area contributed by atoms with Crippen LogP contribution in [0.1, 0.15) is 22.7 Å². The van der Waals surface area contributed by atoms with Crippen LogP contribution >= 0.6 is 15.9 Å². The van der Waals surface area contributed by atoms with Crippen molar-refractivity contribution in [3.63, 3.8) is 0 Å². The average molecular weight is 348 g/mol. The molecule has 2 aromatic rings. The zero-order chi connectivity index (χ0) is 14.8. The third-order valence-electron chi connectivity index (χ3n) is 3.64. The monoisotopic (exact) mass is 347 g/mol. The number of benzene rings is 2. The van der Waals surface area contributed by atoms with Crippen molar-refractivity contribution in [2.45, 2.75) is 13.0 Å². The molecule has 0 aliphatic carbocycles. The van der Waals surface area contributed by atoms with E-state index in [2.05, 4.69) is 58.5 Å². The van der Waals surface area contributed by atoms with Gasteiger partial charge >= 0.3 is 0 Å². The van der Waals surface area contributed by atoms with Gasteiger partial charge in [0.25, 0.3) is 0 Å². The summed E-state index contributed by atoms with van der Waals surface area (Å²) >= 11 is 3.66. The molecule has 21 heavy (non-hydrogen) atoms. The van der Waals surface area contributed by atoms with Gasteiger partial charge in [-0.1, -0.05) is 45.8 Å². The van der Waals surface area contributed by atoms with E-state index >= 15 is 0 Å². The first-order valence-electron chi connectivity index (χ1n) is 7.02. The summed E-state index contributed by atoms with van der Waals surface area (Å²) in [5.74, 6) is 1.61. The molecule has 110 valence electrons. The van der Waals surface area contributed by atoms with E-state index in [0.717, 1.165) is 21.5 Å². The summed E-state index contributed by atoms with van der Waals surface area (Å²) in [5, 5.41) is 3.38. The van der Waals surface area contributed by atoms with Gasteiger partial charge < -0.3 is 14.8 Å². The van der Waals surface area contributed by atoms with Gasteiger partial charge in [-0.3, -0.25) is 0 Å². The van der Waals surface area contributed by atoms with Gasteiger partial charge in [-0.05, 0) is 37.2 Å². The van der Waals surface area contributed by atoms with Crippen molar-refractivity contribution in [3.05, 3.63) is 57.6 Å². The fourth-order valence-electron chi connectivity index (χ4n) is 2.65. The van der Waals surface area contributed by atoms with E-state index in [9.17, 15) is 0 Å². The molecule has 3 rings (SSSR count). The molecule has 4 heteroatoms. The summed E-state index contributed by atoms with van der Waals surface area (Å²) < 4.78 is 12.3. The number of nitrogens with one attached hydrogen (secondary N) is 1. The topological polar surface area (TPSA) is 30.5 Å². The van der Waals surface area contributed by atoms with Crippen molar-refractivity contribution in [3.8, 4) is 11.5 Å². The highest BCUT2D eigenvalue weighted by Crippen LogP contribution is 2.39. The number of hydrogen-bond acceptors (Lipinski definition) is 3. The van der Waals surface area contributed by atoms with E-state index < -0.39 is 0 Å². The Kier molecular flexibility index (Phi) is 4.17. The van der Waals surface area contributed by atoms with Crippen LogP contribution < -0.4 is 14.8 Å². The Morgan fingerprint density at radius 1 is 1.10 bits per heavy atom. The minimum absolute atomic E-state index is 0.107. The lowest BCUT2D eigenvalue weighted by Gasteiger charge is -2.24. The molecule has 0 fully saturated rings. The summed E-state index contributed by atoms with van der Waals surface area (Å²) in [5.41, 5.74) is 3.63. The molecule has 2 aromatic carbocycles. The van der Waals surface area contributed by atoms with Crippen LogP contribution in [0.5, 0.6) is 11.5 Å². The highest BCUT2D eigenvalue weighted by molar-refractivity contribution is 9.10. The number of fused-ring (bicyclic) bond motifs is 1. The zero-order valence-electron chi connectivity index (χ0n) is 12.2. The van der Waals surface area contributed by atoms with Crippen LogP contribution in [0.4, 0.5) is 0 Å². The second-order valence-corrected chi connectivity index (χ2v) is 6.01. The Morgan fingerprint density at radius 2 is 1.81 bits per heavy atom. The molecule has 1 unspecified atom stereocenters. The summed E-state index contributed by atoms with van der Waals surface area (Å²) in [4.78, 5) is 0. The second-order valence-electron chi connectivity index (χ2n) is 5.15. The van der Waals surface area contributed by atoms with Crippen molar-refractivity contribution >= 4 is 15.9 Å². The van der Waals surface area contributed by atoms with Gasteiger partial charge in [0.05, 0.1) is 6.04 Å². The molecule has 3 nitrogen and oxygen atoms in total. The van der Waals surface area contributed by atoms with Crippen molar-refractivity contribution in [2.24, 2.45) is 0 Å². The van der Waals surface area contributed by atoms with Crippen molar-refractivity contribution < 1.29 is 9.47 Å². The molecule has 0 bridgehead atoms. The number of halogens is 1. The Bertz CT molecular complexity index is 657. The average Bonchev–Trinajstić information content (AvgIpc) is 2.48. The predicted octanol–water partition coefficient (Wildman–Crippen LogP) is 3.84. The highest BCUT2D eigenvalue weighted by Gasteiger charge is 2.20. The Hall–Kier alpha value is -1.52. The lowest BCUT2D eigenvalue weighted by atomic mass is 9.97. The van der Waals surface area contributed by atoms with Gasteiger partial charge in [-0.25, -0.2) is 0 Å². The largest absolute Gasteiger partial charge is 0.486 e. The van der Waals surface area contributed by atoms with Crippen molar-refractivity contribution in [2.75, 3.05) is 20.3 Å². The van der Waals surface area contributed by atoms with Crippen LogP contribution in [0.15, 0.2) is 40.9 Å². The molecule has 1 atom stereocenters. The maximum Gasteiger partial charge on any atom is 0.162 e. The summed E-state index contributed by atoms with van der Waals surface area (Å²) in [7, 11) is 1.97. The first kappa shape index (κ1) is 14.4. The van der Waals surface area contributed by atoms with Crippen molar-refractivity contribution in [1.29, 1.82) is 0 Å². The fraction of sp³-hybridized carbons (Fsp3) is 0.294. The van der Waals surface area contributed by atoms with Gasteiger partial charge in [0.15, 0.2) is 11.5 Å². The molecule has 0 amide bonds. The fourth-order valence-corrected chi connectivity index (χ4v) is 3.20. The Balaban J connectivity index is 2.04. The third-order valence-corrected chi connectivity index (χ3v) is 4.32. The SMILES string of the molecule is CNC(c1cccc(C)c1)c1cc2c(cc1Br)OCCO2. The van der Waals surface area contributed by atoms with Gasteiger partial charge in [0, 0.05) is 4.47 Å². The van der Waals surface area contributed by atoms with Crippen LogP contribution in [0.2, 0.25) is 0 Å². The number of hydrogen-bond donors (Lipinski definition) is 1. The molecule has 1 aliphatic heterocycles. The molecule has 0 aromatic heterocycles. The molecule has 0 saturated heterocycles. The molecule has 1 heterocycles. The lowest BCUT2D eigenvalue weighted by Crippen LogP contribution is -2.20. The smallest absolute Gasteiger partial charge is 0.162 e. The summed E-state index contributed by atoms with van der Waals surface area (Å²) in [6.07, 6.45) is 0. The van der Waals surface area contributed by atoms with Crippen molar-refractivity contribution in [1.82, 2.24) is 5.32 Å². The molecule has 0 radical (unpaired) electrons. The van der Waals surface area contributed by atoms with E-state index in [1.165, 1.54) is 11.1 Å². The van der Waals surface area contributed by atoms with Gasteiger partial charge in [0.1, 0.15) is 13.2 Å². The van der Waals surface area contributed by atoms with Gasteiger partial charge in [0.2, 0.25) is 0 Å². The third kappa shape index (κ3) is 2.92. The van der Waals surface area contributed by atoms with E-state index in [4.69, 9.17) is 9.47 Å². The molecule has 1 N–H and O–H groups in total. The molecule has 0 saturated carbocycles. The quantitative estimate of drug-likeness (QED) is 0.914. The van der Waals surface area contributed by atoms with Gasteiger partial charge in [-0.2, -0.15) is 0 Å². The highest BCUT2D eigenvalue weighted by atomic mass is 79.9. The standard InChI is InChI=1S/C17H18BrNO2/c1-11-4-3-5-12(8-11)17(19-2)13-9-15-16(10-14(13)18)21-7-6-20-15/h3-5,8-10,17,19H,6-7H2,1-2H3. The number of ether oxygens (including phenoxy) is 2. The Morgan fingerprint density at radius 3 is 2.48 bits per heavy atom. The van der Waals surface area contributed by atoms with Crippen LogP contribution in [0.25, 0.3) is 0 Å². The van der Waals surface area contributed by atoms with Crippen LogP contribution in [-0.4, -0.2) is 20.3 Å². The first-order chi connectivity index (χ1) is 10.2. The first-order valence-corrected chi connectivity index (χ1v) is 7.81.